The lowest BCUT2D eigenvalue weighted by Crippen LogP contribution is -2.30. The van der Waals surface area contributed by atoms with Gasteiger partial charge in [0.25, 0.3) is 5.91 Å². The summed E-state index contributed by atoms with van der Waals surface area (Å²) in [6.07, 6.45) is 5.29. The van der Waals surface area contributed by atoms with Gasteiger partial charge < -0.3 is 10.1 Å². The van der Waals surface area contributed by atoms with E-state index in [9.17, 15) is 4.79 Å². The number of carbonyl (C=O) groups excluding carboxylic acids is 1. The molecule has 0 radical (unpaired) electrons. The molecule has 0 aliphatic rings. The van der Waals surface area contributed by atoms with Gasteiger partial charge in [-0.3, -0.25) is 4.79 Å². The molecule has 0 saturated carbocycles. The van der Waals surface area contributed by atoms with Gasteiger partial charge >= 0.3 is 0 Å². The van der Waals surface area contributed by atoms with Crippen LogP contribution in [0.5, 0.6) is 5.75 Å². The van der Waals surface area contributed by atoms with Crippen molar-refractivity contribution in [3.8, 4) is 11.4 Å². The Morgan fingerprint density at radius 2 is 1.58 bits per heavy atom. The Balaban J connectivity index is 1.25. The fraction of sp³-hybridized carbons (Fsp3) is 0.154. The molecule has 1 N–H and O–H groups in total. The van der Waals surface area contributed by atoms with Crippen LogP contribution in [0.25, 0.3) is 5.69 Å². The maximum atomic E-state index is 12.2. The number of ether oxygens (including phenoxy) is 1. The lowest BCUT2D eigenvalue weighted by atomic mass is 10.0. The minimum Gasteiger partial charge on any atom is -0.483 e. The van der Waals surface area contributed by atoms with Crippen LogP contribution in [0.1, 0.15) is 16.7 Å². The first-order valence-corrected chi connectivity index (χ1v) is 10.4. The number of hydrogen-bond donors (Lipinski definition) is 1. The molecule has 0 fully saturated rings. The quantitative estimate of drug-likeness (QED) is 0.449. The second-order valence-electron chi connectivity index (χ2n) is 7.29. The number of para-hydroxylation sites is 2. The van der Waals surface area contributed by atoms with Crippen molar-refractivity contribution in [2.45, 2.75) is 12.8 Å². The highest BCUT2D eigenvalue weighted by molar-refractivity contribution is 5.77. The lowest BCUT2D eigenvalue weighted by Gasteiger charge is -2.11. The highest BCUT2D eigenvalue weighted by Gasteiger charge is 2.08. The molecule has 5 heteroatoms. The number of rotatable bonds is 9. The van der Waals surface area contributed by atoms with Gasteiger partial charge in [0.1, 0.15) is 5.75 Å². The van der Waals surface area contributed by atoms with Crippen molar-refractivity contribution in [3.63, 3.8) is 0 Å². The SMILES string of the molecule is O=C(COc1ccccc1Cc1ccccc1)NCCc1cnn(-c2ccccc2)c1. The van der Waals surface area contributed by atoms with Crippen LogP contribution in [0.3, 0.4) is 0 Å². The molecule has 3 aromatic carbocycles. The van der Waals surface area contributed by atoms with E-state index in [1.807, 2.05) is 89.9 Å². The van der Waals surface area contributed by atoms with Crippen LogP contribution in [0, 0.1) is 0 Å². The first-order valence-electron chi connectivity index (χ1n) is 10.4. The molecular formula is C26H25N3O2. The summed E-state index contributed by atoms with van der Waals surface area (Å²) in [6, 6.07) is 28.0. The zero-order valence-electron chi connectivity index (χ0n) is 17.3. The van der Waals surface area contributed by atoms with E-state index in [1.165, 1.54) is 5.56 Å². The van der Waals surface area contributed by atoms with Crippen molar-refractivity contribution in [1.29, 1.82) is 0 Å². The largest absolute Gasteiger partial charge is 0.483 e. The zero-order chi connectivity index (χ0) is 21.3. The van der Waals surface area contributed by atoms with Crippen LogP contribution in [0.4, 0.5) is 0 Å². The normalized spacial score (nSPS) is 10.6. The number of nitrogens with one attached hydrogen (secondary N) is 1. The van der Waals surface area contributed by atoms with Crippen LogP contribution in [-0.4, -0.2) is 28.8 Å². The number of hydrogen-bond acceptors (Lipinski definition) is 3. The van der Waals surface area contributed by atoms with Crippen molar-refractivity contribution in [2.75, 3.05) is 13.2 Å². The van der Waals surface area contributed by atoms with Crippen LogP contribution < -0.4 is 10.1 Å². The Bertz CT molecular complexity index is 1110. The first kappa shape index (κ1) is 20.4. The Hall–Kier alpha value is -3.86. The Labute approximate surface area is 182 Å². The third-order valence-corrected chi connectivity index (χ3v) is 4.96. The molecule has 0 spiro atoms. The van der Waals surface area contributed by atoms with E-state index in [2.05, 4.69) is 22.5 Å². The minimum atomic E-state index is -0.134. The van der Waals surface area contributed by atoms with Crippen molar-refractivity contribution in [1.82, 2.24) is 15.1 Å². The van der Waals surface area contributed by atoms with Crippen molar-refractivity contribution >= 4 is 5.91 Å². The Kier molecular flexibility index (Phi) is 6.75. The summed E-state index contributed by atoms with van der Waals surface area (Å²) >= 11 is 0. The monoisotopic (exact) mass is 411 g/mol. The van der Waals surface area contributed by atoms with Crippen LogP contribution in [0.2, 0.25) is 0 Å². The molecule has 1 amide bonds. The minimum absolute atomic E-state index is 0.00488. The van der Waals surface area contributed by atoms with E-state index in [0.29, 0.717) is 13.0 Å². The fourth-order valence-electron chi connectivity index (χ4n) is 3.36. The highest BCUT2D eigenvalue weighted by Crippen LogP contribution is 2.21. The first-order chi connectivity index (χ1) is 15.3. The third kappa shape index (κ3) is 5.82. The summed E-state index contributed by atoms with van der Waals surface area (Å²) in [7, 11) is 0. The van der Waals surface area contributed by atoms with Crippen molar-refractivity contribution in [3.05, 3.63) is 114 Å². The van der Waals surface area contributed by atoms with Gasteiger partial charge in [0.05, 0.1) is 11.9 Å². The fourth-order valence-corrected chi connectivity index (χ4v) is 3.36. The molecule has 4 aromatic rings. The molecule has 0 bridgehead atoms. The Morgan fingerprint density at radius 1 is 0.871 bits per heavy atom. The average molecular weight is 412 g/mol. The predicted octanol–water partition coefficient (Wildman–Crippen LogP) is 4.20. The third-order valence-electron chi connectivity index (χ3n) is 4.96. The van der Waals surface area contributed by atoms with Gasteiger partial charge in [0, 0.05) is 19.2 Å². The number of amides is 1. The second kappa shape index (κ2) is 10.3. The Morgan fingerprint density at radius 3 is 2.39 bits per heavy atom. The molecule has 156 valence electrons. The molecule has 1 aromatic heterocycles. The molecule has 1 heterocycles. The van der Waals surface area contributed by atoms with Gasteiger partial charge in [-0.15, -0.1) is 0 Å². The summed E-state index contributed by atoms with van der Waals surface area (Å²) in [6.45, 7) is 0.531. The molecule has 0 saturated heterocycles. The van der Waals surface area contributed by atoms with Gasteiger partial charge in [-0.05, 0) is 41.3 Å². The maximum Gasteiger partial charge on any atom is 0.257 e. The van der Waals surface area contributed by atoms with Gasteiger partial charge in [-0.25, -0.2) is 4.68 Å². The number of aromatic nitrogens is 2. The van der Waals surface area contributed by atoms with Crippen molar-refractivity contribution < 1.29 is 9.53 Å². The molecule has 0 aliphatic carbocycles. The highest BCUT2D eigenvalue weighted by atomic mass is 16.5. The number of nitrogens with zero attached hydrogens (tertiary/aromatic N) is 2. The van der Waals surface area contributed by atoms with Crippen LogP contribution >= 0.6 is 0 Å². The molecule has 0 atom stereocenters. The standard InChI is InChI=1S/C26H25N3O2/c30-26(27-16-15-22-18-28-29(19-22)24-12-5-2-6-13-24)20-31-25-14-8-7-11-23(25)17-21-9-3-1-4-10-21/h1-14,18-19H,15-17,20H2,(H,27,30). The van der Waals surface area contributed by atoms with E-state index in [0.717, 1.165) is 29.0 Å². The maximum absolute atomic E-state index is 12.2. The van der Waals surface area contributed by atoms with Gasteiger partial charge in [-0.1, -0.05) is 66.7 Å². The molecular weight excluding hydrogens is 386 g/mol. The smallest absolute Gasteiger partial charge is 0.257 e. The van der Waals surface area contributed by atoms with Crippen LogP contribution in [-0.2, 0) is 17.6 Å². The van der Waals surface area contributed by atoms with Gasteiger partial charge in [0.15, 0.2) is 6.61 Å². The molecule has 0 unspecified atom stereocenters. The summed E-state index contributed by atoms with van der Waals surface area (Å²) in [5.74, 6) is 0.607. The number of carbonyl (C=O) groups is 1. The predicted molar refractivity (Wildman–Crippen MR) is 121 cm³/mol. The molecule has 0 aliphatic heterocycles. The summed E-state index contributed by atoms with van der Waals surface area (Å²) in [5.41, 5.74) is 4.35. The van der Waals surface area contributed by atoms with Gasteiger partial charge in [0.2, 0.25) is 0 Å². The molecule has 31 heavy (non-hydrogen) atoms. The second-order valence-corrected chi connectivity index (χ2v) is 7.29. The van der Waals surface area contributed by atoms with E-state index in [1.54, 1.807) is 0 Å². The summed E-state index contributed by atoms with van der Waals surface area (Å²) in [5, 5.41) is 7.30. The summed E-state index contributed by atoms with van der Waals surface area (Å²) in [4.78, 5) is 12.2. The van der Waals surface area contributed by atoms with Crippen LogP contribution in [0.15, 0.2) is 97.3 Å². The topological polar surface area (TPSA) is 56.1 Å². The van der Waals surface area contributed by atoms with E-state index < -0.39 is 0 Å². The van der Waals surface area contributed by atoms with E-state index >= 15 is 0 Å². The van der Waals surface area contributed by atoms with E-state index in [-0.39, 0.29) is 12.5 Å². The van der Waals surface area contributed by atoms with Gasteiger partial charge in [-0.2, -0.15) is 5.10 Å². The average Bonchev–Trinajstić information content (AvgIpc) is 3.29. The summed E-state index contributed by atoms with van der Waals surface area (Å²) < 4.78 is 7.64. The van der Waals surface area contributed by atoms with E-state index in [4.69, 9.17) is 4.74 Å². The number of benzene rings is 3. The lowest BCUT2D eigenvalue weighted by molar-refractivity contribution is -0.123. The van der Waals surface area contributed by atoms with Crippen molar-refractivity contribution in [2.24, 2.45) is 0 Å². The molecule has 4 rings (SSSR count). The molecule has 5 nitrogen and oxygen atoms in total. The zero-order valence-corrected chi connectivity index (χ0v) is 17.3.